The molecule has 0 aromatic rings. The molecule has 0 aromatic carbocycles. The number of carbonyl (C=O) groups is 2. The molecule has 0 saturated carbocycles. The minimum Gasteiger partial charge on any atom is -0.481 e. The van der Waals surface area contributed by atoms with Crippen molar-refractivity contribution >= 4 is 11.9 Å². The van der Waals surface area contributed by atoms with Crippen molar-refractivity contribution in [2.24, 2.45) is 5.41 Å². The number of carboxylic acid groups (broad SMARTS) is 2. The maximum absolute atomic E-state index is 10.5. The second-order valence-corrected chi connectivity index (χ2v) is 3.16. The van der Waals surface area contributed by atoms with Gasteiger partial charge >= 0.3 is 11.9 Å². The highest BCUT2D eigenvalue weighted by molar-refractivity contribution is 5.87. The van der Waals surface area contributed by atoms with Crippen molar-refractivity contribution in [2.75, 3.05) is 0 Å². The summed E-state index contributed by atoms with van der Waals surface area (Å²) in [5.41, 5.74) is -1.08. The summed E-state index contributed by atoms with van der Waals surface area (Å²) in [6.07, 6.45) is 1.22. The Labute approximate surface area is 70.5 Å². The van der Waals surface area contributed by atoms with Crippen LogP contribution in [-0.4, -0.2) is 22.2 Å². The molecule has 0 aliphatic heterocycles. The largest absolute Gasteiger partial charge is 0.481 e. The first-order valence-corrected chi connectivity index (χ1v) is 3.43. The molecule has 0 atom stereocenters. The van der Waals surface area contributed by atoms with Crippen LogP contribution in [0.5, 0.6) is 0 Å². The zero-order chi connectivity index (χ0) is 9.94. The number of aliphatic carboxylic acids is 2. The molecule has 0 unspecified atom stereocenters. The number of hydrogen-bond donors (Lipinski definition) is 2. The van der Waals surface area contributed by atoms with Gasteiger partial charge in [0.15, 0.2) is 0 Å². The van der Waals surface area contributed by atoms with E-state index < -0.39 is 17.4 Å². The molecule has 0 radical (unpaired) electrons. The molecule has 0 amide bonds. The summed E-state index contributed by atoms with van der Waals surface area (Å²) in [7, 11) is 0. The van der Waals surface area contributed by atoms with Crippen LogP contribution in [0.15, 0.2) is 11.6 Å². The molecule has 0 saturated heterocycles. The van der Waals surface area contributed by atoms with Crippen LogP contribution in [-0.2, 0) is 9.59 Å². The van der Waals surface area contributed by atoms with Crippen LogP contribution < -0.4 is 0 Å². The minimum absolute atomic E-state index is 0.0439. The molecule has 68 valence electrons. The molecule has 0 spiro atoms. The molecule has 12 heavy (non-hydrogen) atoms. The number of carboxylic acids is 2. The Morgan fingerprint density at radius 1 is 1.25 bits per heavy atom. The van der Waals surface area contributed by atoms with Gasteiger partial charge < -0.3 is 10.2 Å². The van der Waals surface area contributed by atoms with Gasteiger partial charge in [0.2, 0.25) is 0 Å². The molecule has 0 fully saturated rings. The predicted octanol–water partition coefficient (Wildman–Crippen LogP) is 1.13. The van der Waals surface area contributed by atoms with E-state index in [9.17, 15) is 9.59 Å². The van der Waals surface area contributed by atoms with E-state index in [-0.39, 0.29) is 5.57 Å². The second-order valence-electron chi connectivity index (χ2n) is 3.16. The van der Waals surface area contributed by atoms with E-state index >= 15 is 0 Å². The molecule has 0 aromatic heterocycles. The monoisotopic (exact) mass is 172 g/mol. The lowest BCUT2D eigenvalue weighted by Gasteiger charge is -2.13. The molecule has 0 aliphatic carbocycles. The quantitative estimate of drug-likeness (QED) is 0.626. The van der Waals surface area contributed by atoms with E-state index in [1.807, 2.05) is 0 Å². The average Bonchev–Trinajstić information content (AvgIpc) is 1.85. The number of rotatable bonds is 3. The Bertz CT molecular complexity index is 237. The molecule has 4 nitrogen and oxygen atoms in total. The van der Waals surface area contributed by atoms with Crippen molar-refractivity contribution < 1.29 is 19.8 Å². The maximum Gasteiger partial charge on any atom is 0.330 e. The molecule has 4 heteroatoms. The third kappa shape index (κ3) is 2.74. The fourth-order valence-corrected chi connectivity index (χ4v) is 0.665. The van der Waals surface area contributed by atoms with Crippen molar-refractivity contribution in [3.63, 3.8) is 0 Å². The first-order valence-electron chi connectivity index (χ1n) is 3.43. The molecule has 0 heterocycles. The van der Waals surface area contributed by atoms with Crippen molar-refractivity contribution in [3.05, 3.63) is 11.6 Å². The summed E-state index contributed by atoms with van der Waals surface area (Å²) in [4.78, 5) is 20.9. The van der Waals surface area contributed by atoms with Crippen LogP contribution in [0, 0.1) is 5.41 Å². The van der Waals surface area contributed by atoms with Gasteiger partial charge in [-0.3, -0.25) is 4.79 Å². The Morgan fingerprint density at radius 3 is 1.92 bits per heavy atom. The van der Waals surface area contributed by atoms with Crippen LogP contribution >= 0.6 is 0 Å². The highest BCUT2D eigenvalue weighted by Crippen LogP contribution is 2.19. The molecule has 0 aliphatic rings. The van der Waals surface area contributed by atoms with Gasteiger partial charge in [-0.2, -0.15) is 0 Å². The second kappa shape index (κ2) is 3.38. The highest BCUT2D eigenvalue weighted by atomic mass is 16.4. The van der Waals surface area contributed by atoms with Gasteiger partial charge in [0.05, 0.1) is 5.41 Å². The topological polar surface area (TPSA) is 74.6 Å². The molecule has 0 bridgehead atoms. The molecule has 0 rings (SSSR count). The van der Waals surface area contributed by atoms with Gasteiger partial charge in [-0.15, -0.1) is 0 Å². The SMILES string of the molecule is C/C(=C\C(C)(C)C(=O)O)C(=O)O. The Morgan fingerprint density at radius 2 is 1.67 bits per heavy atom. The normalized spacial score (nSPS) is 12.8. The maximum atomic E-state index is 10.5. The minimum atomic E-state index is -1.12. The van der Waals surface area contributed by atoms with Crippen molar-refractivity contribution in [1.82, 2.24) is 0 Å². The fraction of sp³-hybridized carbons (Fsp3) is 0.500. The van der Waals surface area contributed by atoms with Gasteiger partial charge in [0.1, 0.15) is 0 Å². The van der Waals surface area contributed by atoms with Crippen LogP contribution in [0.25, 0.3) is 0 Å². The lowest BCUT2D eigenvalue weighted by molar-refractivity contribution is -0.144. The van der Waals surface area contributed by atoms with Gasteiger partial charge in [-0.05, 0) is 20.8 Å². The van der Waals surface area contributed by atoms with E-state index in [1.165, 1.54) is 26.8 Å². The van der Waals surface area contributed by atoms with Crippen molar-refractivity contribution in [2.45, 2.75) is 20.8 Å². The summed E-state index contributed by atoms with van der Waals surface area (Å²) in [5, 5.41) is 17.1. The first-order chi connectivity index (χ1) is 5.27. The van der Waals surface area contributed by atoms with Crippen LogP contribution in [0.4, 0.5) is 0 Å². The van der Waals surface area contributed by atoms with Gasteiger partial charge in [0, 0.05) is 5.57 Å². The van der Waals surface area contributed by atoms with Gasteiger partial charge in [0.25, 0.3) is 0 Å². The standard InChI is InChI=1S/C8H12O4/c1-5(6(9)10)4-8(2,3)7(11)12/h4H,1-3H3,(H,9,10)(H,11,12)/b5-4+. The summed E-state index contributed by atoms with van der Waals surface area (Å²) in [6, 6.07) is 0. The van der Waals surface area contributed by atoms with E-state index in [2.05, 4.69) is 0 Å². The van der Waals surface area contributed by atoms with Gasteiger partial charge in [-0.1, -0.05) is 6.08 Å². The van der Waals surface area contributed by atoms with E-state index in [0.717, 1.165) is 0 Å². The van der Waals surface area contributed by atoms with Crippen LogP contribution in [0.1, 0.15) is 20.8 Å². The Kier molecular flexibility index (Phi) is 3.01. The Hall–Kier alpha value is -1.32. The molecular weight excluding hydrogens is 160 g/mol. The predicted molar refractivity (Wildman–Crippen MR) is 42.8 cm³/mol. The lowest BCUT2D eigenvalue weighted by Crippen LogP contribution is -2.22. The summed E-state index contributed by atoms with van der Waals surface area (Å²) in [6.45, 7) is 4.26. The third-order valence-electron chi connectivity index (χ3n) is 1.47. The molecule has 2 N–H and O–H groups in total. The summed E-state index contributed by atoms with van der Waals surface area (Å²) in [5.74, 6) is -2.13. The third-order valence-corrected chi connectivity index (χ3v) is 1.47. The van der Waals surface area contributed by atoms with Crippen molar-refractivity contribution in [3.8, 4) is 0 Å². The van der Waals surface area contributed by atoms with E-state index in [4.69, 9.17) is 10.2 Å². The lowest BCUT2D eigenvalue weighted by atomic mass is 9.91. The van der Waals surface area contributed by atoms with E-state index in [0.29, 0.717) is 0 Å². The molecular formula is C8H12O4. The summed E-state index contributed by atoms with van der Waals surface area (Å²) < 4.78 is 0. The fourth-order valence-electron chi connectivity index (χ4n) is 0.665. The zero-order valence-corrected chi connectivity index (χ0v) is 7.29. The average molecular weight is 172 g/mol. The highest BCUT2D eigenvalue weighted by Gasteiger charge is 2.25. The van der Waals surface area contributed by atoms with Crippen LogP contribution in [0.2, 0.25) is 0 Å². The van der Waals surface area contributed by atoms with Crippen molar-refractivity contribution in [1.29, 1.82) is 0 Å². The van der Waals surface area contributed by atoms with Gasteiger partial charge in [-0.25, -0.2) is 4.79 Å². The Balaban J connectivity index is 4.73. The first kappa shape index (κ1) is 10.7. The smallest absolute Gasteiger partial charge is 0.330 e. The summed E-state index contributed by atoms with van der Waals surface area (Å²) >= 11 is 0. The zero-order valence-electron chi connectivity index (χ0n) is 7.29. The van der Waals surface area contributed by atoms with E-state index in [1.54, 1.807) is 0 Å². The van der Waals surface area contributed by atoms with Crippen LogP contribution in [0.3, 0.4) is 0 Å². The number of hydrogen-bond acceptors (Lipinski definition) is 2.